The summed E-state index contributed by atoms with van der Waals surface area (Å²) in [7, 11) is 0. The average molecular weight is 224 g/mol. The molecular formula is C12H20N2O2. The molecule has 1 heterocycles. The molecule has 0 saturated carbocycles. The number of furan rings is 1. The van der Waals surface area contributed by atoms with Crippen molar-refractivity contribution in [2.75, 3.05) is 13.1 Å². The minimum Gasteiger partial charge on any atom is -0.472 e. The van der Waals surface area contributed by atoms with Gasteiger partial charge in [-0.05, 0) is 13.0 Å². The van der Waals surface area contributed by atoms with Gasteiger partial charge in [0, 0.05) is 30.6 Å². The van der Waals surface area contributed by atoms with Crippen LogP contribution in [0, 0.1) is 5.92 Å². The molecule has 0 saturated heterocycles. The molecule has 0 radical (unpaired) electrons. The van der Waals surface area contributed by atoms with E-state index < -0.39 is 0 Å². The summed E-state index contributed by atoms with van der Waals surface area (Å²) in [6, 6.07) is 2.18. The Morgan fingerprint density at radius 2 is 2.12 bits per heavy atom. The highest BCUT2D eigenvalue weighted by molar-refractivity contribution is 5.77. The number of carbonyl (C=O) groups is 1. The lowest BCUT2D eigenvalue weighted by molar-refractivity contribution is -0.123. The normalized spacial score (nSPS) is 12.8. The van der Waals surface area contributed by atoms with Crippen LogP contribution in [0.3, 0.4) is 0 Å². The predicted molar refractivity (Wildman–Crippen MR) is 63.0 cm³/mol. The Kier molecular flexibility index (Phi) is 5.05. The van der Waals surface area contributed by atoms with E-state index in [1.54, 1.807) is 12.5 Å². The highest BCUT2D eigenvalue weighted by Gasteiger charge is 2.07. The van der Waals surface area contributed by atoms with Crippen LogP contribution in [0.4, 0.5) is 0 Å². The van der Waals surface area contributed by atoms with Crippen LogP contribution in [0.2, 0.25) is 0 Å². The lowest BCUT2D eigenvalue weighted by Crippen LogP contribution is -2.34. The van der Waals surface area contributed by atoms with Crippen molar-refractivity contribution >= 4 is 5.91 Å². The molecule has 16 heavy (non-hydrogen) atoms. The van der Waals surface area contributed by atoms with Gasteiger partial charge in [0.15, 0.2) is 0 Å². The Labute approximate surface area is 96.4 Å². The first-order valence-electron chi connectivity index (χ1n) is 5.64. The van der Waals surface area contributed by atoms with Gasteiger partial charge in [0.1, 0.15) is 0 Å². The molecule has 1 rings (SSSR count). The van der Waals surface area contributed by atoms with E-state index in [-0.39, 0.29) is 17.9 Å². The summed E-state index contributed by atoms with van der Waals surface area (Å²) in [6.45, 7) is 7.24. The van der Waals surface area contributed by atoms with Gasteiger partial charge in [0.2, 0.25) is 5.91 Å². The molecule has 2 N–H and O–H groups in total. The lowest BCUT2D eigenvalue weighted by atomic mass is 10.2. The van der Waals surface area contributed by atoms with Gasteiger partial charge < -0.3 is 15.1 Å². The number of nitrogens with one attached hydrogen (secondary N) is 2. The fraction of sp³-hybridized carbons (Fsp3) is 0.583. The van der Waals surface area contributed by atoms with Gasteiger partial charge >= 0.3 is 0 Å². The second-order valence-corrected chi connectivity index (χ2v) is 4.18. The second kappa shape index (κ2) is 6.33. The van der Waals surface area contributed by atoms with Crippen LogP contribution in [0.15, 0.2) is 23.0 Å². The van der Waals surface area contributed by atoms with Crippen LogP contribution in [-0.4, -0.2) is 19.0 Å². The first-order valence-corrected chi connectivity index (χ1v) is 5.64. The van der Waals surface area contributed by atoms with Crippen LogP contribution in [-0.2, 0) is 4.79 Å². The monoisotopic (exact) mass is 224 g/mol. The van der Waals surface area contributed by atoms with E-state index in [1.807, 2.05) is 19.9 Å². The van der Waals surface area contributed by atoms with Crippen molar-refractivity contribution < 1.29 is 9.21 Å². The second-order valence-electron chi connectivity index (χ2n) is 4.18. The van der Waals surface area contributed by atoms with Crippen molar-refractivity contribution in [1.29, 1.82) is 0 Å². The molecule has 4 heteroatoms. The Morgan fingerprint density at radius 3 is 2.69 bits per heavy atom. The van der Waals surface area contributed by atoms with Crippen molar-refractivity contribution in [3.8, 4) is 0 Å². The van der Waals surface area contributed by atoms with E-state index in [4.69, 9.17) is 4.42 Å². The molecule has 1 aromatic heterocycles. The number of hydrogen-bond acceptors (Lipinski definition) is 3. The standard InChI is InChI=1S/C12H20N2O2/c1-9(2)12(15)14-6-5-13-10(3)11-4-7-16-8-11/h4,7-10,13H,5-6H2,1-3H3,(H,14,15). The average Bonchev–Trinajstić information content (AvgIpc) is 2.76. The summed E-state index contributed by atoms with van der Waals surface area (Å²) in [5.74, 6) is 0.143. The number of hydrogen-bond donors (Lipinski definition) is 2. The zero-order valence-corrected chi connectivity index (χ0v) is 10.1. The molecule has 0 aliphatic heterocycles. The largest absolute Gasteiger partial charge is 0.472 e. The van der Waals surface area contributed by atoms with Gasteiger partial charge in [-0.1, -0.05) is 13.8 Å². The molecule has 0 fully saturated rings. The Bertz CT molecular complexity index is 307. The molecule has 0 spiro atoms. The van der Waals surface area contributed by atoms with Crippen molar-refractivity contribution in [1.82, 2.24) is 10.6 Å². The van der Waals surface area contributed by atoms with Crippen LogP contribution in [0.5, 0.6) is 0 Å². The Balaban J connectivity index is 2.14. The number of carbonyl (C=O) groups excluding carboxylic acids is 1. The maximum absolute atomic E-state index is 11.3. The first kappa shape index (κ1) is 12.8. The molecule has 1 amide bonds. The molecule has 1 unspecified atom stereocenters. The van der Waals surface area contributed by atoms with Crippen molar-refractivity contribution in [2.45, 2.75) is 26.8 Å². The molecule has 0 aliphatic carbocycles. The highest BCUT2D eigenvalue weighted by Crippen LogP contribution is 2.11. The summed E-state index contributed by atoms with van der Waals surface area (Å²) in [6.07, 6.45) is 3.39. The number of amides is 1. The summed E-state index contributed by atoms with van der Waals surface area (Å²) in [5.41, 5.74) is 1.12. The molecule has 0 bridgehead atoms. The molecule has 1 aromatic rings. The van der Waals surface area contributed by atoms with Gasteiger partial charge in [-0.3, -0.25) is 4.79 Å². The fourth-order valence-electron chi connectivity index (χ4n) is 1.32. The smallest absolute Gasteiger partial charge is 0.222 e. The van der Waals surface area contributed by atoms with Crippen molar-refractivity contribution in [3.05, 3.63) is 24.2 Å². The maximum Gasteiger partial charge on any atom is 0.222 e. The van der Waals surface area contributed by atoms with Crippen molar-refractivity contribution in [3.63, 3.8) is 0 Å². The fourth-order valence-corrected chi connectivity index (χ4v) is 1.32. The highest BCUT2D eigenvalue weighted by atomic mass is 16.3. The van der Waals surface area contributed by atoms with E-state index in [0.717, 1.165) is 12.1 Å². The van der Waals surface area contributed by atoms with E-state index in [2.05, 4.69) is 17.6 Å². The summed E-state index contributed by atoms with van der Waals surface area (Å²) < 4.78 is 5.00. The first-order chi connectivity index (χ1) is 7.61. The van der Waals surface area contributed by atoms with Crippen LogP contribution in [0.1, 0.15) is 32.4 Å². The third-order valence-electron chi connectivity index (χ3n) is 2.44. The maximum atomic E-state index is 11.3. The number of rotatable bonds is 6. The topological polar surface area (TPSA) is 54.3 Å². The molecule has 0 aliphatic rings. The summed E-state index contributed by atoms with van der Waals surface area (Å²) >= 11 is 0. The van der Waals surface area contributed by atoms with Crippen LogP contribution >= 0.6 is 0 Å². The minimum absolute atomic E-state index is 0.0475. The van der Waals surface area contributed by atoms with Gasteiger partial charge in [-0.2, -0.15) is 0 Å². The van der Waals surface area contributed by atoms with Gasteiger partial charge in [-0.15, -0.1) is 0 Å². The predicted octanol–water partition coefficient (Wildman–Crippen LogP) is 1.70. The lowest BCUT2D eigenvalue weighted by Gasteiger charge is -2.13. The van der Waals surface area contributed by atoms with Crippen molar-refractivity contribution in [2.24, 2.45) is 5.92 Å². The third-order valence-corrected chi connectivity index (χ3v) is 2.44. The van der Waals surface area contributed by atoms with Gasteiger partial charge in [0.25, 0.3) is 0 Å². The van der Waals surface area contributed by atoms with E-state index in [0.29, 0.717) is 6.54 Å². The van der Waals surface area contributed by atoms with E-state index >= 15 is 0 Å². The molecular weight excluding hydrogens is 204 g/mol. The molecule has 90 valence electrons. The Hall–Kier alpha value is -1.29. The van der Waals surface area contributed by atoms with Gasteiger partial charge in [0.05, 0.1) is 12.5 Å². The molecule has 1 atom stereocenters. The third kappa shape index (κ3) is 4.06. The summed E-state index contributed by atoms with van der Waals surface area (Å²) in [5, 5.41) is 6.16. The summed E-state index contributed by atoms with van der Waals surface area (Å²) in [4.78, 5) is 11.3. The van der Waals surface area contributed by atoms with Crippen LogP contribution < -0.4 is 10.6 Å². The quantitative estimate of drug-likeness (QED) is 0.723. The molecule has 4 nitrogen and oxygen atoms in total. The molecule has 0 aromatic carbocycles. The zero-order chi connectivity index (χ0) is 12.0. The van der Waals surface area contributed by atoms with E-state index in [9.17, 15) is 4.79 Å². The minimum atomic E-state index is 0.0475. The zero-order valence-electron chi connectivity index (χ0n) is 10.1. The SMILES string of the molecule is CC(C)C(=O)NCCNC(C)c1ccoc1. The van der Waals surface area contributed by atoms with Gasteiger partial charge in [-0.25, -0.2) is 0 Å². The van der Waals surface area contributed by atoms with Crippen LogP contribution in [0.25, 0.3) is 0 Å². The van der Waals surface area contributed by atoms with E-state index in [1.165, 1.54) is 0 Å². The Morgan fingerprint density at radius 1 is 1.38 bits per heavy atom.